The summed E-state index contributed by atoms with van der Waals surface area (Å²) in [5.41, 5.74) is 0.388. The second kappa shape index (κ2) is 7.44. The molecule has 0 bridgehead atoms. The van der Waals surface area contributed by atoms with Crippen LogP contribution in [0, 0.1) is 5.82 Å². The molecule has 1 atom stereocenters. The van der Waals surface area contributed by atoms with Crippen molar-refractivity contribution in [3.05, 3.63) is 29.8 Å². The van der Waals surface area contributed by atoms with Gasteiger partial charge in [0.2, 0.25) is 5.84 Å². The van der Waals surface area contributed by atoms with Gasteiger partial charge in [0.1, 0.15) is 11.5 Å². The number of hydrazone groups is 1. The molecule has 98 valence electrons. The highest BCUT2D eigenvalue weighted by Gasteiger charge is 2.04. The van der Waals surface area contributed by atoms with E-state index in [9.17, 15) is 4.39 Å². The molecule has 1 rings (SSSR count). The highest BCUT2D eigenvalue weighted by molar-refractivity contribution is 5.97. The van der Waals surface area contributed by atoms with Gasteiger partial charge in [-0.3, -0.25) is 0 Å². The van der Waals surface area contributed by atoms with Crippen molar-refractivity contribution >= 4 is 5.84 Å². The molecular formula is C11H17FN6. The summed E-state index contributed by atoms with van der Waals surface area (Å²) in [7, 11) is 0. The molecule has 0 aliphatic carbocycles. The van der Waals surface area contributed by atoms with Crippen LogP contribution in [0.2, 0.25) is 0 Å². The Kier molecular flexibility index (Phi) is 5.86. The van der Waals surface area contributed by atoms with Gasteiger partial charge in [0.05, 0.1) is 12.7 Å². The zero-order valence-electron chi connectivity index (χ0n) is 10.5. The molecule has 1 aromatic heterocycles. The number of aromatic nitrogens is 1. The SMILES string of the molecule is CCN[C@@H](C)CN=NC(=NN)c1ccc(F)cn1. The zero-order chi connectivity index (χ0) is 13.4. The number of hydrogen-bond donors (Lipinski definition) is 2. The number of rotatable bonds is 5. The summed E-state index contributed by atoms with van der Waals surface area (Å²) in [6.07, 6.45) is 1.08. The third-order valence-electron chi connectivity index (χ3n) is 2.15. The summed E-state index contributed by atoms with van der Waals surface area (Å²) in [5, 5.41) is 14.5. The third-order valence-corrected chi connectivity index (χ3v) is 2.15. The Bertz CT molecular complexity index is 414. The van der Waals surface area contributed by atoms with Crippen LogP contribution in [0.3, 0.4) is 0 Å². The van der Waals surface area contributed by atoms with E-state index in [1.54, 1.807) is 0 Å². The molecule has 0 unspecified atom stereocenters. The first kappa shape index (κ1) is 14.2. The van der Waals surface area contributed by atoms with E-state index in [1.807, 2.05) is 13.8 Å². The second-order valence-electron chi connectivity index (χ2n) is 3.70. The molecule has 0 aliphatic heterocycles. The number of hydrogen-bond acceptors (Lipinski definition) is 5. The van der Waals surface area contributed by atoms with Gasteiger partial charge in [0.15, 0.2) is 0 Å². The number of likely N-dealkylation sites (N-methyl/N-ethyl adjacent to an activating group) is 1. The summed E-state index contributed by atoms with van der Waals surface area (Å²) in [5.74, 6) is 4.96. The lowest BCUT2D eigenvalue weighted by Crippen LogP contribution is -2.28. The molecule has 0 saturated carbocycles. The molecule has 1 aromatic rings. The van der Waals surface area contributed by atoms with Crippen LogP contribution in [-0.4, -0.2) is 30.0 Å². The average Bonchev–Trinajstić information content (AvgIpc) is 2.36. The monoisotopic (exact) mass is 252 g/mol. The minimum absolute atomic E-state index is 0.179. The van der Waals surface area contributed by atoms with Gasteiger partial charge >= 0.3 is 0 Å². The quantitative estimate of drug-likeness (QED) is 0.272. The van der Waals surface area contributed by atoms with Crippen LogP contribution in [0.5, 0.6) is 0 Å². The number of amidine groups is 1. The number of nitrogens with one attached hydrogen (secondary N) is 1. The molecule has 0 amide bonds. The summed E-state index contributed by atoms with van der Waals surface area (Å²) in [6.45, 7) is 5.39. The van der Waals surface area contributed by atoms with Crippen molar-refractivity contribution in [1.82, 2.24) is 10.3 Å². The Labute approximate surface area is 105 Å². The number of nitrogens with zero attached hydrogens (tertiary/aromatic N) is 4. The predicted octanol–water partition coefficient (Wildman–Crippen LogP) is 1.29. The van der Waals surface area contributed by atoms with Gasteiger partial charge in [-0.2, -0.15) is 10.2 Å². The summed E-state index contributed by atoms with van der Waals surface area (Å²) in [6, 6.07) is 2.94. The van der Waals surface area contributed by atoms with Crippen molar-refractivity contribution < 1.29 is 4.39 Å². The fraction of sp³-hybridized carbons (Fsp3) is 0.455. The Morgan fingerprint density at radius 2 is 2.33 bits per heavy atom. The Morgan fingerprint density at radius 1 is 1.56 bits per heavy atom. The van der Waals surface area contributed by atoms with E-state index in [4.69, 9.17) is 5.84 Å². The van der Waals surface area contributed by atoms with Gasteiger partial charge in [-0.05, 0) is 25.6 Å². The minimum Gasteiger partial charge on any atom is -0.321 e. The normalized spacial score (nSPS) is 14.1. The maximum Gasteiger partial charge on any atom is 0.218 e. The van der Waals surface area contributed by atoms with Crippen molar-refractivity contribution in [2.75, 3.05) is 13.1 Å². The Morgan fingerprint density at radius 3 is 2.89 bits per heavy atom. The molecule has 0 aromatic carbocycles. The number of halogens is 1. The number of pyridine rings is 1. The molecule has 0 saturated heterocycles. The fourth-order valence-corrected chi connectivity index (χ4v) is 1.29. The smallest absolute Gasteiger partial charge is 0.218 e. The van der Waals surface area contributed by atoms with Gasteiger partial charge in [-0.25, -0.2) is 9.37 Å². The maximum atomic E-state index is 12.7. The molecular weight excluding hydrogens is 235 g/mol. The summed E-state index contributed by atoms with van der Waals surface area (Å²) < 4.78 is 12.7. The molecule has 6 nitrogen and oxygen atoms in total. The lowest BCUT2D eigenvalue weighted by molar-refractivity contribution is 0.569. The van der Waals surface area contributed by atoms with Gasteiger partial charge in [-0.15, -0.1) is 5.11 Å². The maximum absolute atomic E-state index is 12.7. The van der Waals surface area contributed by atoms with E-state index in [0.29, 0.717) is 12.2 Å². The van der Waals surface area contributed by atoms with Crippen LogP contribution < -0.4 is 11.2 Å². The minimum atomic E-state index is -0.423. The molecule has 18 heavy (non-hydrogen) atoms. The molecule has 1 heterocycles. The van der Waals surface area contributed by atoms with Gasteiger partial charge < -0.3 is 11.2 Å². The van der Waals surface area contributed by atoms with E-state index >= 15 is 0 Å². The second-order valence-corrected chi connectivity index (χ2v) is 3.70. The highest BCUT2D eigenvalue weighted by atomic mass is 19.1. The Hall–Kier alpha value is -1.89. The van der Waals surface area contributed by atoms with Crippen LogP contribution in [0.15, 0.2) is 33.7 Å². The van der Waals surface area contributed by atoms with Crippen LogP contribution in [0.4, 0.5) is 4.39 Å². The molecule has 0 radical (unpaired) electrons. The van der Waals surface area contributed by atoms with Crippen LogP contribution in [0.25, 0.3) is 0 Å². The standard InChI is InChI=1S/C11H17FN6/c1-3-14-8(2)6-16-18-11(17-13)10-5-4-9(12)7-15-10/h4-5,7-8,14H,3,6,13H2,1-2H3/t8-/m0/s1. The lowest BCUT2D eigenvalue weighted by atomic mass is 10.3. The van der Waals surface area contributed by atoms with Gasteiger partial charge in [0, 0.05) is 6.04 Å². The summed E-state index contributed by atoms with van der Waals surface area (Å²) in [4.78, 5) is 3.83. The van der Waals surface area contributed by atoms with Crippen molar-refractivity contribution in [3.8, 4) is 0 Å². The number of azo groups is 1. The molecule has 3 N–H and O–H groups in total. The first-order valence-corrected chi connectivity index (χ1v) is 5.68. The van der Waals surface area contributed by atoms with E-state index in [-0.39, 0.29) is 11.9 Å². The van der Waals surface area contributed by atoms with Gasteiger partial charge in [0.25, 0.3) is 0 Å². The number of nitrogens with two attached hydrogens (primary N) is 1. The van der Waals surface area contributed by atoms with Crippen LogP contribution in [-0.2, 0) is 0 Å². The predicted molar refractivity (Wildman–Crippen MR) is 67.8 cm³/mol. The van der Waals surface area contributed by atoms with Crippen molar-refractivity contribution in [3.63, 3.8) is 0 Å². The molecule has 0 aliphatic rings. The fourth-order valence-electron chi connectivity index (χ4n) is 1.29. The van der Waals surface area contributed by atoms with Crippen molar-refractivity contribution in [2.24, 2.45) is 21.2 Å². The summed E-state index contributed by atoms with van der Waals surface area (Å²) >= 11 is 0. The van der Waals surface area contributed by atoms with E-state index in [2.05, 4.69) is 25.6 Å². The van der Waals surface area contributed by atoms with E-state index < -0.39 is 5.82 Å². The van der Waals surface area contributed by atoms with Crippen LogP contribution in [0.1, 0.15) is 19.5 Å². The van der Waals surface area contributed by atoms with Crippen molar-refractivity contribution in [1.29, 1.82) is 0 Å². The van der Waals surface area contributed by atoms with Crippen LogP contribution >= 0.6 is 0 Å². The van der Waals surface area contributed by atoms with Gasteiger partial charge in [-0.1, -0.05) is 6.92 Å². The van der Waals surface area contributed by atoms with Crippen molar-refractivity contribution in [2.45, 2.75) is 19.9 Å². The van der Waals surface area contributed by atoms with E-state index in [0.717, 1.165) is 12.7 Å². The molecule has 0 fully saturated rings. The topological polar surface area (TPSA) is 88.0 Å². The van der Waals surface area contributed by atoms with E-state index in [1.165, 1.54) is 12.1 Å². The first-order chi connectivity index (χ1) is 8.67. The average molecular weight is 252 g/mol. The molecule has 7 heteroatoms. The third kappa shape index (κ3) is 4.54. The highest BCUT2D eigenvalue weighted by Crippen LogP contribution is 2.01. The Balaban J connectivity index is 2.63. The lowest BCUT2D eigenvalue weighted by Gasteiger charge is -2.07. The molecule has 0 spiro atoms. The largest absolute Gasteiger partial charge is 0.321 e. The zero-order valence-corrected chi connectivity index (χ0v) is 10.5. The first-order valence-electron chi connectivity index (χ1n) is 5.68.